The van der Waals surface area contributed by atoms with E-state index in [2.05, 4.69) is 120 Å². The van der Waals surface area contributed by atoms with Gasteiger partial charge in [-0.25, -0.2) is 0 Å². The Hall–Kier alpha value is -4.70. The molecule has 1 unspecified atom stereocenters. The third-order valence-electron chi connectivity index (χ3n) is 10.2. The lowest BCUT2D eigenvalue weighted by molar-refractivity contribution is 0.569. The highest BCUT2D eigenvalue weighted by atomic mass is 35.5. The highest BCUT2D eigenvalue weighted by Crippen LogP contribution is 2.55. The van der Waals surface area contributed by atoms with Gasteiger partial charge in [-0.2, -0.15) is 0 Å². The quantitative estimate of drug-likeness (QED) is 0.185. The van der Waals surface area contributed by atoms with Crippen LogP contribution in [0.3, 0.4) is 0 Å². The Morgan fingerprint density at radius 1 is 0.766 bits per heavy atom. The third-order valence-corrected chi connectivity index (χ3v) is 10.7. The summed E-state index contributed by atoms with van der Waals surface area (Å²) in [5.41, 5.74) is 11.9. The van der Waals surface area contributed by atoms with Gasteiger partial charge < -0.3 is 13.9 Å². The van der Waals surface area contributed by atoms with Crippen molar-refractivity contribution in [2.24, 2.45) is 0 Å². The Labute approximate surface area is 283 Å². The Bertz CT molecular complexity index is 2520. The summed E-state index contributed by atoms with van der Waals surface area (Å²) in [6, 6.07) is 38.3. The second-order valence-corrected chi connectivity index (χ2v) is 13.7. The van der Waals surface area contributed by atoms with E-state index in [0.717, 1.165) is 63.6 Å². The zero-order chi connectivity index (χ0) is 31.9. The number of furan rings is 1. The van der Waals surface area contributed by atoms with Crippen molar-refractivity contribution in [2.45, 2.75) is 38.5 Å². The van der Waals surface area contributed by atoms with Crippen LogP contribution in [0.5, 0.6) is 0 Å². The van der Waals surface area contributed by atoms with E-state index in [0.29, 0.717) is 10.0 Å². The number of rotatable bonds is 5. The highest BCUT2D eigenvalue weighted by molar-refractivity contribution is 6.31. The van der Waals surface area contributed by atoms with Crippen LogP contribution in [0.15, 0.2) is 114 Å². The van der Waals surface area contributed by atoms with E-state index in [1.165, 1.54) is 33.3 Å². The Morgan fingerprint density at radius 2 is 1.53 bits per heavy atom. The van der Waals surface area contributed by atoms with Gasteiger partial charge in [0.05, 0.1) is 16.9 Å². The molecule has 2 aliphatic rings. The van der Waals surface area contributed by atoms with Gasteiger partial charge in [0.15, 0.2) is 5.58 Å². The molecule has 3 nitrogen and oxygen atoms in total. The summed E-state index contributed by atoms with van der Waals surface area (Å²) in [5, 5.41) is 4.85. The number of nitrogens with zero attached hydrogens (tertiary/aromatic N) is 2. The first-order chi connectivity index (χ1) is 23.0. The maximum Gasteiger partial charge on any atom is 0.159 e. The minimum atomic E-state index is -0.104. The smallest absolute Gasteiger partial charge is 0.159 e. The van der Waals surface area contributed by atoms with Crippen LogP contribution in [0, 0.1) is 0 Å². The summed E-state index contributed by atoms with van der Waals surface area (Å²) >= 11 is 13.7. The van der Waals surface area contributed by atoms with Crippen LogP contribution in [-0.4, -0.2) is 4.57 Å². The molecular formula is C42H32Cl2N2O. The molecule has 1 atom stereocenters. The molecule has 0 fully saturated rings. The average molecular weight is 652 g/mol. The maximum atomic E-state index is 7.10. The van der Waals surface area contributed by atoms with E-state index in [1.807, 2.05) is 24.3 Å². The molecule has 7 aromatic rings. The lowest BCUT2D eigenvalue weighted by Gasteiger charge is -2.27. The normalized spacial score (nSPS) is 16.4. The Morgan fingerprint density at radius 3 is 2.40 bits per heavy atom. The van der Waals surface area contributed by atoms with Crippen LogP contribution in [0.2, 0.25) is 10.0 Å². The second kappa shape index (κ2) is 10.7. The van der Waals surface area contributed by atoms with Crippen molar-refractivity contribution in [1.82, 2.24) is 4.57 Å². The summed E-state index contributed by atoms with van der Waals surface area (Å²) in [4.78, 5) is 2.22. The molecular weight excluding hydrogens is 619 g/mol. The monoisotopic (exact) mass is 650 g/mol. The fraction of sp³-hybridized carbons (Fsp3) is 0.143. The molecule has 230 valence electrons. The van der Waals surface area contributed by atoms with Gasteiger partial charge in [0, 0.05) is 54.1 Å². The number of anilines is 3. The maximum absolute atomic E-state index is 7.10. The molecule has 2 aliphatic carbocycles. The first-order valence-corrected chi connectivity index (χ1v) is 17.0. The van der Waals surface area contributed by atoms with Crippen molar-refractivity contribution in [3.8, 4) is 16.9 Å². The molecule has 0 aliphatic heterocycles. The van der Waals surface area contributed by atoms with E-state index >= 15 is 0 Å². The molecule has 0 saturated carbocycles. The Balaban J connectivity index is 1.34. The third kappa shape index (κ3) is 4.20. The number of hydrogen-bond donors (Lipinski definition) is 0. The van der Waals surface area contributed by atoms with Crippen LogP contribution < -0.4 is 15.5 Å². The SMILES string of the molecule is CCC1(C)c2ccccc2-c2c1c1ccccc1n2-c1cc(Cl)cc(N(c2cccc(Cl)c2)c2cccc3c4c(oc23)=CCCC=4)c1. The van der Waals surface area contributed by atoms with E-state index in [-0.39, 0.29) is 5.41 Å². The van der Waals surface area contributed by atoms with E-state index < -0.39 is 0 Å². The van der Waals surface area contributed by atoms with Crippen molar-refractivity contribution in [1.29, 1.82) is 0 Å². The summed E-state index contributed by atoms with van der Waals surface area (Å²) in [6.07, 6.45) is 7.47. The molecule has 0 radical (unpaired) electrons. The van der Waals surface area contributed by atoms with Crippen LogP contribution in [-0.2, 0) is 5.41 Å². The summed E-state index contributed by atoms with van der Waals surface area (Å²) < 4.78 is 9.01. The molecule has 5 heteroatoms. The van der Waals surface area contributed by atoms with Gasteiger partial charge in [0.1, 0.15) is 5.42 Å². The first kappa shape index (κ1) is 28.5. The lowest BCUT2D eigenvalue weighted by Crippen LogP contribution is -2.21. The van der Waals surface area contributed by atoms with Gasteiger partial charge in [-0.15, -0.1) is 0 Å². The van der Waals surface area contributed by atoms with Crippen molar-refractivity contribution >= 4 is 74.3 Å². The van der Waals surface area contributed by atoms with E-state index in [9.17, 15) is 0 Å². The minimum absolute atomic E-state index is 0.104. The molecule has 0 amide bonds. The van der Waals surface area contributed by atoms with Gasteiger partial charge in [-0.05, 0) is 85.0 Å². The average Bonchev–Trinajstić information content (AvgIpc) is 3.73. The van der Waals surface area contributed by atoms with E-state index in [4.69, 9.17) is 27.6 Å². The van der Waals surface area contributed by atoms with Crippen molar-refractivity contribution in [2.75, 3.05) is 4.90 Å². The summed E-state index contributed by atoms with van der Waals surface area (Å²) in [6.45, 7) is 4.68. The van der Waals surface area contributed by atoms with Crippen LogP contribution in [0.4, 0.5) is 17.1 Å². The van der Waals surface area contributed by atoms with Gasteiger partial charge >= 0.3 is 0 Å². The fourth-order valence-electron chi connectivity index (χ4n) is 7.98. The number of fused-ring (bicyclic) bond motifs is 8. The molecule has 2 aromatic heterocycles. The van der Waals surface area contributed by atoms with Gasteiger partial charge in [-0.1, -0.05) is 104 Å². The summed E-state index contributed by atoms with van der Waals surface area (Å²) in [7, 11) is 0. The molecule has 47 heavy (non-hydrogen) atoms. The van der Waals surface area contributed by atoms with Crippen LogP contribution >= 0.6 is 23.2 Å². The van der Waals surface area contributed by atoms with Gasteiger partial charge in [0.25, 0.3) is 0 Å². The predicted molar refractivity (Wildman–Crippen MR) is 197 cm³/mol. The van der Waals surface area contributed by atoms with Gasteiger partial charge in [-0.3, -0.25) is 0 Å². The first-order valence-electron chi connectivity index (χ1n) is 16.3. The van der Waals surface area contributed by atoms with Crippen LogP contribution in [0.25, 0.3) is 51.0 Å². The number of halogens is 2. The molecule has 5 aromatic carbocycles. The zero-order valence-electron chi connectivity index (χ0n) is 26.2. The predicted octanol–water partition coefficient (Wildman–Crippen LogP) is 11.2. The standard InChI is InChI=1S/C42H32Cl2N2O/c1-3-42(2)35-18-7-4-15-33(35)40-39(42)34-16-5-8-19-36(34)46(40)30-24-27(44)23-29(25-30)45(28-13-10-12-26(43)22-28)37-20-11-17-32-31-14-6-9-21-38(31)47-41(32)37/h4-5,7-8,10-25H,3,6,9H2,1-2H3. The highest BCUT2D eigenvalue weighted by Gasteiger charge is 2.42. The van der Waals surface area contributed by atoms with Crippen LogP contribution in [0.1, 0.15) is 44.2 Å². The second-order valence-electron chi connectivity index (χ2n) is 12.8. The molecule has 2 heterocycles. The topological polar surface area (TPSA) is 21.3 Å². The molecule has 9 rings (SSSR count). The zero-order valence-corrected chi connectivity index (χ0v) is 27.7. The summed E-state index contributed by atoms with van der Waals surface area (Å²) in [5.74, 6) is 0. The lowest BCUT2D eigenvalue weighted by atomic mass is 9.77. The number of aromatic nitrogens is 1. The van der Waals surface area contributed by atoms with Gasteiger partial charge in [0.2, 0.25) is 0 Å². The number of hydrogen-bond acceptors (Lipinski definition) is 2. The molecule has 0 saturated heterocycles. The van der Waals surface area contributed by atoms with Crippen molar-refractivity contribution in [3.05, 3.63) is 141 Å². The van der Waals surface area contributed by atoms with Crippen molar-refractivity contribution in [3.63, 3.8) is 0 Å². The fourth-order valence-corrected chi connectivity index (χ4v) is 8.38. The number of para-hydroxylation sites is 2. The largest absolute Gasteiger partial charge is 0.454 e. The minimum Gasteiger partial charge on any atom is -0.454 e. The van der Waals surface area contributed by atoms with Crippen molar-refractivity contribution < 1.29 is 4.42 Å². The molecule has 0 spiro atoms. The molecule has 0 bridgehead atoms. The molecule has 0 N–H and O–H groups in total. The Kier molecular flexibility index (Phi) is 6.47. The van der Waals surface area contributed by atoms with E-state index in [1.54, 1.807) is 0 Å². The number of benzene rings is 5.